The van der Waals surface area contributed by atoms with Crippen molar-refractivity contribution in [2.45, 2.75) is 18.4 Å². The Bertz CT molecular complexity index is 1490. The summed E-state index contributed by atoms with van der Waals surface area (Å²) in [5, 5.41) is 1.38. The number of amides is 1. The first kappa shape index (κ1) is 15.4. The van der Waals surface area contributed by atoms with Crippen molar-refractivity contribution in [3.8, 4) is 10.6 Å². The molecule has 1 aliphatic rings. The maximum Gasteiger partial charge on any atom is 0.280 e. The predicted octanol–water partition coefficient (Wildman–Crippen LogP) is 2.55. The van der Waals surface area contributed by atoms with E-state index >= 15 is 0 Å². The molecule has 1 amide bonds. The molecule has 0 bridgehead atoms. The fraction of sp³-hybridized carbons (Fsp3) is 0.278. The summed E-state index contributed by atoms with van der Waals surface area (Å²) in [5.41, 5.74) is 0.237. The van der Waals surface area contributed by atoms with Gasteiger partial charge in [-0.2, -0.15) is 17.4 Å². The molecule has 3 heterocycles. The molecule has 0 saturated carbocycles. The molecular weight excluding hydrogens is 467 g/mol. The fourth-order valence-corrected chi connectivity index (χ4v) is 4.64. The van der Waals surface area contributed by atoms with Gasteiger partial charge in [-0.1, -0.05) is 11.6 Å². The van der Waals surface area contributed by atoms with Crippen LogP contribution in [0.4, 0.5) is 10.1 Å². The number of thiazole rings is 1. The lowest BCUT2D eigenvalue weighted by molar-refractivity contribution is -0.120. The van der Waals surface area contributed by atoms with Crippen LogP contribution in [-0.2, 0) is 22.1 Å². The molecule has 0 spiro atoms. The van der Waals surface area contributed by atoms with E-state index in [-0.39, 0.29) is 10.7 Å². The van der Waals surface area contributed by atoms with E-state index in [2.05, 4.69) is 15.3 Å². The normalized spacial score (nSPS) is 31.5. The summed E-state index contributed by atoms with van der Waals surface area (Å²) >= 11 is 6.50. The summed E-state index contributed by atoms with van der Waals surface area (Å²) in [6, 6.07) is -3.27. The van der Waals surface area contributed by atoms with Crippen LogP contribution in [0.15, 0.2) is 36.9 Å². The number of rotatable bonds is 4. The maximum atomic E-state index is 13.5. The number of imidazole rings is 1. The zero-order valence-corrected chi connectivity index (χ0v) is 18.0. The van der Waals surface area contributed by atoms with Crippen molar-refractivity contribution in [1.29, 1.82) is 0 Å². The average Bonchev–Trinajstić information content (AvgIpc) is 3.42. The molecular formula is C18H18ClFN6O3S2. The van der Waals surface area contributed by atoms with Crippen LogP contribution in [0.5, 0.6) is 0 Å². The molecule has 1 fully saturated rings. The Morgan fingerprint density at radius 1 is 1.52 bits per heavy atom. The van der Waals surface area contributed by atoms with Crippen LogP contribution < -0.4 is 10.0 Å². The molecule has 3 atom stereocenters. The van der Waals surface area contributed by atoms with Gasteiger partial charge >= 0.3 is 0 Å². The third kappa shape index (κ3) is 4.48. The third-order valence-corrected chi connectivity index (χ3v) is 6.58. The molecule has 31 heavy (non-hydrogen) atoms. The van der Waals surface area contributed by atoms with Gasteiger partial charge in [0.25, 0.3) is 10.2 Å². The number of nitrogens with one attached hydrogen (secondary N) is 2. The van der Waals surface area contributed by atoms with Crippen LogP contribution in [0.1, 0.15) is 25.6 Å². The zero-order chi connectivity index (χ0) is 27.6. The second-order valence-electron chi connectivity index (χ2n) is 6.35. The van der Waals surface area contributed by atoms with E-state index in [1.807, 2.05) is 4.72 Å². The highest BCUT2D eigenvalue weighted by Crippen LogP contribution is 2.34. The summed E-state index contributed by atoms with van der Waals surface area (Å²) in [5.74, 6) is -2.40. The number of anilines is 1. The van der Waals surface area contributed by atoms with Gasteiger partial charge < -0.3 is 9.88 Å². The number of aryl methyl sites for hydroxylation is 1. The van der Waals surface area contributed by atoms with E-state index in [4.69, 9.17) is 19.8 Å². The van der Waals surface area contributed by atoms with Crippen LogP contribution in [0.3, 0.4) is 0 Å². The monoisotopic (exact) mass is 490 g/mol. The van der Waals surface area contributed by atoms with Gasteiger partial charge in [0.2, 0.25) is 5.91 Å². The Morgan fingerprint density at radius 2 is 2.32 bits per heavy atom. The third-order valence-electron chi connectivity index (χ3n) is 4.08. The van der Waals surface area contributed by atoms with E-state index in [1.165, 1.54) is 12.5 Å². The van der Waals surface area contributed by atoms with E-state index < -0.39 is 56.7 Å². The van der Waals surface area contributed by atoms with Gasteiger partial charge in [-0.3, -0.25) is 4.79 Å². The number of aromatic nitrogens is 3. The lowest BCUT2D eigenvalue weighted by atomic mass is 10.1. The van der Waals surface area contributed by atoms with Crippen molar-refractivity contribution in [2.75, 3.05) is 12.3 Å². The Labute approximate surface area is 195 Å². The molecule has 3 aromatic rings. The quantitative estimate of drug-likeness (QED) is 0.584. The number of hydrogen-bond acceptors (Lipinski definition) is 6. The van der Waals surface area contributed by atoms with Crippen LogP contribution >= 0.6 is 22.9 Å². The molecule has 1 saturated heterocycles. The highest BCUT2D eigenvalue weighted by Gasteiger charge is 2.41. The predicted molar refractivity (Wildman–Crippen MR) is 115 cm³/mol. The Hall–Kier alpha value is -2.38. The number of halogens is 2. The van der Waals surface area contributed by atoms with Crippen molar-refractivity contribution in [2.24, 2.45) is 7.05 Å². The first-order valence-electron chi connectivity index (χ1n) is 11.6. The Balaban J connectivity index is 1.82. The molecule has 0 aliphatic carbocycles. The molecule has 0 radical (unpaired) electrons. The lowest BCUT2D eigenvalue weighted by Crippen LogP contribution is -2.55. The molecule has 13 heteroatoms. The van der Waals surface area contributed by atoms with E-state index in [0.717, 1.165) is 29.5 Å². The molecule has 164 valence electrons. The van der Waals surface area contributed by atoms with Crippen LogP contribution in [-0.4, -0.2) is 46.2 Å². The van der Waals surface area contributed by atoms with Gasteiger partial charge in [-0.05, 0) is 24.6 Å². The SMILES string of the molecule is [2H]C1[C@]([2H])(c2ncc(-c3cn(C)cn3)s2)NS(=O)(=O)N(C([2H])([2H])[2H])[C@]1([2H])C(=O)Nc1ccc(F)c(Cl)c1. The van der Waals surface area contributed by atoms with Crippen molar-refractivity contribution < 1.29 is 25.8 Å². The molecule has 1 aromatic carbocycles. The van der Waals surface area contributed by atoms with Gasteiger partial charge in [-0.15, -0.1) is 11.3 Å². The summed E-state index contributed by atoms with van der Waals surface area (Å²) < 4.78 is 92.4. The number of hydrogen-bond donors (Lipinski definition) is 2. The van der Waals surface area contributed by atoms with Crippen molar-refractivity contribution >= 4 is 44.7 Å². The minimum Gasteiger partial charge on any atom is -0.340 e. The average molecular weight is 491 g/mol. The van der Waals surface area contributed by atoms with Gasteiger partial charge in [-0.25, -0.2) is 14.4 Å². The maximum absolute atomic E-state index is 13.5. The van der Waals surface area contributed by atoms with E-state index in [0.29, 0.717) is 10.6 Å². The second-order valence-corrected chi connectivity index (χ2v) is 9.31. The molecule has 2 aromatic heterocycles. The van der Waals surface area contributed by atoms with Gasteiger partial charge in [0.1, 0.15) is 16.8 Å². The van der Waals surface area contributed by atoms with Gasteiger partial charge in [0.05, 0.1) is 30.7 Å². The smallest absolute Gasteiger partial charge is 0.280 e. The second kappa shape index (κ2) is 8.28. The summed E-state index contributed by atoms with van der Waals surface area (Å²) in [7, 11) is -3.54. The van der Waals surface area contributed by atoms with Crippen LogP contribution in [0, 0.1) is 5.82 Å². The van der Waals surface area contributed by atoms with Crippen molar-refractivity contribution in [1.82, 2.24) is 23.6 Å². The minimum absolute atomic E-state index is 0.195. The number of benzene rings is 1. The molecule has 1 unspecified atom stereocenters. The van der Waals surface area contributed by atoms with Gasteiger partial charge in [0, 0.05) is 37.6 Å². The first-order valence-corrected chi connectivity index (χ1v) is 11.1. The zero-order valence-electron chi connectivity index (χ0n) is 21.6. The van der Waals surface area contributed by atoms with Crippen molar-refractivity contribution in [3.05, 3.63) is 52.8 Å². The number of nitrogens with zero attached hydrogens (tertiary/aromatic N) is 4. The fourth-order valence-electron chi connectivity index (χ4n) is 2.63. The largest absolute Gasteiger partial charge is 0.340 e. The molecule has 9 nitrogen and oxygen atoms in total. The van der Waals surface area contributed by atoms with Gasteiger partial charge in [0.15, 0.2) is 0 Å². The van der Waals surface area contributed by atoms with Crippen LogP contribution in [0.2, 0.25) is 5.02 Å². The Kier molecular flexibility index (Phi) is 4.12. The lowest BCUT2D eigenvalue weighted by Gasteiger charge is -2.35. The molecule has 1 aliphatic heterocycles. The topological polar surface area (TPSA) is 109 Å². The Morgan fingerprint density at radius 3 is 3.00 bits per heavy atom. The molecule has 4 rings (SSSR count). The van der Waals surface area contributed by atoms with Crippen molar-refractivity contribution in [3.63, 3.8) is 0 Å². The first-order chi connectivity index (χ1) is 17.0. The van der Waals surface area contributed by atoms with E-state index in [1.54, 1.807) is 17.8 Å². The van der Waals surface area contributed by atoms with Crippen LogP contribution in [0.25, 0.3) is 10.6 Å². The highest BCUT2D eigenvalue weighted by atomic mass is 35.5. The number of carbonyl (C=O) groups is 1. The standard InChI is InChI=1S/C18H18ClFN6O3S2/c1-25-8-14(22-9-25)16-7-21-18(30-16)13-6-15(26(2)31(28,29)24-13)17(27)23-10-3-4-12(20)11(19)5-10/h3-5,7-9,13,15,24H,6H2,1-2H3,(H,23,27)/t13-,15+/m1/s1/i2D3,6D,13D,15D/t6?,13-,15+. The number of likely N-dealkylation sites (N-methyl/N-ethyl adjacent to an activating group) is 1. The summed E-state index contributed by atoms with van der Waals surface area (Å²) in [6.45, 7) is -3.60. The molecule has 2 N–H and O–H groups in total. The number of carbonyl (C=O) groups excluding carboxylic acids is 1. The highest BCUT2D eigenvalue weighted by molar-refractivity contribution is 7.87. The summed E-state index contributed by atoms with van der Waals surface area (Å²) in [4.78, 5) is 21.9. The minimum atomic E-state index is -5.26. The van der Waals surface area contributed by atoms with E-state index in [9.17, 15) is 17.6 Å². The summed E-state index contributed by atoms with van der Waals surface area (Å²) in [6.07, 6.45) is 2.02.